The van der Waals surface area contributed by atoms with Gasteiger partial charge in [0.25, 0.3) is 0 Å². The van der Waals surface area contributed by atoms with Gasteiger partial charge in [-0.05, 0) is 56.4 Å². The number of sulfonamides is 1. The number of carbonyl (C=O) groups is 2. The van der Waals surface area contributed by atoms with E-state index in [1.54, 1.807) is 24.3 Å². The van der Waals surface area contributed by atoms with Gasteiger partial charge in [-0.25, -0.2) is 8.42 Å². The predicted octanol–water partition coefficient (Wildman–Crippen LogP) is 3.79. The van der Waals surface area contributed by atoms with Crippen molar-refractivity contribution in [1.29, 1.82) is 0 Å². The van der Waals surface area contributed by atoms with Gasteiger partial charge in [0.1, 0.15) is 6.04 Å². The second-order valence-corrected chi connectivity index (χ2v) is 11.5. The predicted molar refractivity (Wildman–Crippen MR) is 137 cm³/mol. The second kappa shape index (κ2) is 11.8. The normalized spacial score (nSPS) is 15.2. The van der Waals surface area contributed by atoms with Crippen molar-refractivity contribution in [2.75, 3.05) is 13.6 Å². The lowest BCUT2D eigenvalue weighted by Crippen LogP contribution is -2.53. The van der Waals surface area contributed by atoms with Gasteiger partial charge in [-0.15, -0.1) is 0 Å². The molecule has 1 aliphatic carbocycles. The molecule has 7 nitrogen and oxygen atoms in total. The molecule has 2 amide bonds. The first kappa shape index (κ1) is 26.9. The standard InChI is InChI=1S/C27H37N3O4S/c1-5-25(27(32)28-23-12-8-9-13-23)30(18-22-11-7-6-10-21(22)3)26(31)19-29(4)35(33,34)24-16-14-20(2)15-17-24/h6-7,10-11,14-17,23,25H,5,8-9,12-13,18-19H2,1-4H3,(H,28,32). The summed E-state index contributed by atoms with van der Waals surface area (Å²) in [4.78, 5) is 28.5. The maximum absolute atomic E-state index is 13.6. The lowest BCUT2D eigenvalue weighted by Gasteiger charge is -2.33. The van der Waals surface area contributed by atoms with E-state index < -0.39 is 22.0 Å². The Labute approximate surface area is 209 Å². The van der Waals surface area contributed by atoms with Crippen molar-refractivity contribution in [2.24, 2.45) is 0 Å². The van der Waals surface area contributed by atoms with Crippen molar-refractivity contribution in [3.8, 4) is 0 Å². The quantitative estimate of drug-likeness (QED) is 0.539. The van der Waals surface area contributed by atoms with Gasteiger partial charge in [0.15, 0.2) is 0 Å². The molecule has 2 aromatic rings. The average Bonchev–Trinajstić information content (AvgIpc) is 3.33. The Hall–Kier alpha value is -2.71. The van der Waals surface area contributed by atoms with Gasteiger partial charge in [0, 0.05) is 19.6 Å². The average molecular weight is 500 g/mol. The highest BCUT2D eigenvalue weighted by atomic mass is 32.2. The lowest BCUT2D eigenvalue weighted by atomic mass is 10.1. The van der Waals surface area contributed by atoms with Crippen molar-refractivity contribution in [1.82, 2.24) is 14.5 Å². The summed E-state index contributed by atoms with van der Waals surface area (Å²) in [6, 6.07) is 13.7. The highest BCUT2D eigenvalue weighted by Crippen LogP contribution is 2.21. The molecule has 0 aliphatic heterocycles. The zero-order chi connectivity index (χ0) is 25.6. The molecule has 1 fully saturated rings. The summed E-state index contributed by atoms with van der Waals surface area (Å²) >= 11 is 0. The summed E-state index contributed by atoms with van der Waals surface area (Å²) in [6.45, 7) is 5.61. The fraction of sp³-hybridized carbons (Fsp3) is 0.481. The SMILES string of the molecule is CCC(C(=O)NC1CCCC1)N(Cc1ccccc1C)C(=O)CN(C)S(=O)(=O)c1ccc(C)cc1. The first-order valence-electron chi connectivity index (χ1n) is 12.3. The largest absolute Gasteiger partial charge is 0.352 e. The Balaban J connectivity index is 1.85. The molecule has 1 aliphatic rings. The molecule has 1 atom stereocenters. The van der Waals surface area contributed by atoms with E-state index >= 15 is 0 Å². The van der Waals surface area contributed by atoms with E-state index in [0.29, 0.717) is 6.42 Å². The second-order valence-electron chi connectivity index (χ2n) is 9.44. The molecule has 8 heteroatoms. The Morgan fingerprint density at radius 2 is 1.66 bits per heavy atom. The number of nitrogens with zero attached hydrogens (tertiary/aromatic N) is 2. The van der Waals surface area contributed by atoms with Gasteiger partial charge in [0.2, 0.25) is 21.8 Å². The zero-order valence-electron chi connectivity index (χ0n) is 21.2. The van der Waals surface area contributed by atoms with Crippen LogP contribution in [0.1, 0.15) is 55.7 Å². The van der Waals surface area contributed by atoms with Gasteiger partial charge in [-0.1, -0.05) is 61.7 Å². The first-order chi connectivity index (χ1) is 16.6. The maximum Gasteiger partial charge on any atom is 0.243 e. The molecule has 1 saturated carbocycles. The Kier molecular flexibility index (Phi) is 9.08. The summed E-state index contributed by atoms with van der Waals surface area (Å²) in [7, 11) is -2.45. The van der Waals surface area contributed by atoms with Crippen LogP contribution in [-0.4, -0.2) is 55.1 Å². The van der Waals surface area contributed by atoms with Crippen LogP contribution in [0.3, 0.4) is 0 Å². The Morgan fingerprint density at radius 3 is 2.26 bits per heavy atom. The van der Waals surface area contributed by atoms with Crippen LogP contribution in [0.25, 0.3) is 0 Å². The molecule has 0 bridgehead atoms. The van der Waals surface area contributed by atoms with Crippen LogP contribution < -0.4 is 5.32 Å². The molecular formula is C27H37N3O4S. The third kappa shape index (κ3) is 6.70. The van der Waals surface area contributed by atoms with Crippen molar-refractivity contribution in [2.45, 2.75) is 76.4 Å². The number of likely N-dealkylation sites (N-methyl/N-ethyl adjacent to an activating group) is 1. The summed E-state index contributed by atoms with van der Waals surface area (Å²) in [6.07, 6.45) is 4.52. The molecule has 0 heterocycles. The van der Waals surface area contributed by atoms with Crippen molar-refractivity contribution in [3.63, 3.8) is 0 Å². The van der Waals surface area contributed by atoms with Crippen LogP contribution in [0.5, 0.6) is 0 Å². The van der Waals surface area contributed by atoms with Crippen molar-refractivity contribution >= 4 is 21.8 Å². The minimum Gasteiger partial charge on any atom is -0.352 e. The third-order valence-electron chi connectivity index (χ3n) is 6.78. The van der Waals surface area contributed by atoms with E-state index in [0.717, 1.165) is 46.7 Å². The number of hydrogen-bond donors (Lipinski definition) is 1. The van der Waals surface area contributed by atoms with Crippen molar-refractivity contribution < 1.29 is 18.0 Å². The molecule has 0 spiro atoms. The monoisotopic (exact) mass is 499 g/mol. The Morgan fingerprint density at radius 1 is 1.03 bits per heavy atom. The number of benzene rings is 2. The topological polar surface area (TPSA) is 86.8 Å². The van der Waals surface area contributed by atoms with Crippen LogP contribution >= 0.6 is 0 Å². The Bertz CT molecular complexity index is 1130. The molecule has 0 saturated heterocycles. The maximum atomic E-state index is 13.6. The number of carbonyl (C=O) groups excluding carboxylic acids is 2. The van der Waals surface area contributed by atoms with Crippen LogP contribution in [0.4, 0.5) is 0 Å². The highest BCUT2D eigenvalue weighted by Gasteiger charge is 2.33. The van der Waals surface area contributed by atoms with E-state index in [2.05, 4.69) is 5.32 Å². The summed E-state index contributed by atoms with van der Waals surface area (Å²) < 4.78 is 27.2. The van der Waals surface area contributed by atoms with Gasteiger partial charge in [-0.2, -0.15) is 4.31 Å². The van der Waals surface area contributed by atoms with Crippen LogP contribution in [0.2, 0.25) is 0 Å². The fourth-order valence-corrected chi connectivity index (χ4v) is 5.63. The molecule has 0 aromatic heterocycles. The third-order valence-corrected chi connectivity index (χ3v) is 8.59. The molecule has 190 valence electrons. The van der Waals surface area contributed by atoms with Gasteiger partial charge >= 0.3 is 0 Å². The number of aryl methyl sites for hydroxylation is 2. The summed E-state index contributed by atoms with van der Waals surface area (Å²) in [5.74, 6) is -0.578. The number of rotatable bonds is 10. The molecule has 1 unspecified atom stereocenters. The first-order valence-corrected chi connectivity index (χ1v) is 13.7. The van der Waals surface area contributed by atoms with Crippen LogP contribution in [0, 0.1) is 13.8 Å². The molecule has 2 aromatic carbocycles. The van der Waals surface area contributed by atoms with E-state index in [1.165, 1.54) is 11.9 Å². The number of nitrogens with one attached hydrogen (secondary N) is 1. The molecular weight excluding hydrogens is 462 g/mol. The molecule has 0 radical (unpaired) electrons. The van der Waals surface area contributed by atoms with Crippen LogP contribution in [0.15, 0.2) is 53.4 Å². The molecule has 3 rings (SSSR count). The highest BCUT2D eigenvalue weighted by molar-refractivity contribution is 7.89. The van der Waals surface area contributed by atoms with E-state index in [4.69, 9.17) is 0 Å². The van der Waals surface area contributed by atoms with Gasteiger partial charge in [0.05, 0.1) is 11.4 Å². The van der Waals surface area contributed by atoms with Gasteiger partial charge in [-0.3, -0.25) is 9.59 Å². The number of amides is 2. The van der Waals surface area contributed by atoms with E-state index in [9.17, 15) is 18.0 Å². The number of hydrogen-bond acceptors (Lipinski definition) is 4. The smallest absolute Gasteiger partial charge is 0.243 e. The van der Waals surface area contributed by atoms with Gasteiger partial charge < -0.3 is 10.2 Å². The van der Waals surface area contributed by atoms with E-state index in [-0.39, 0.29) is 29.9 Å². The van der Waals surface area contributed by atoms with Crippen LogP contribution in [-0.2, 0) is 26.2 Å². The fourth-order valence-electron chi connectivity index (χ4n) is 4.51. The molecule has 35 heavy (non-hydrogen) atoms. The lowest BCUT2D eigenvalue weighted by molar-refractivity contribution is -0.141. The van der Waals surface area contributed by atoms with Crippen molar-refractivity contribution in [3.05, 3.63) is 65.2 Å². The molecule has 1 N–H and O–H groups in total. The summed E-state index contributed by atoms with van der Waals surface area (Å²) in [5, 5.41) is 3.12. The van der Waals surface area contributed by atoms with E-state index in [1.807, 2.05) is 45.0 Å². The minimum atomic E-state index is -3.85. The minimum absolute atomic E-state index is 0.134. The summed E-state index contributed by atoms with van der Waals surface area (Å²) in [5.41, 5.74) is 2.89. The zero-order valence-corrected chi connectivity index (χ0v) is 22.0.